The molecule has 0 aromatic heterocycles. The second-order valence-corrected chi connectivity index (χ2v) is 2.89. The zero-order valence-corrected chi connectivity index (χ0v) is 7.78. The standard InChI is InChI=1S/C7H15BrO/c1-3-7(9-2)5-4-6-8/h7H,3-6H2,1-2H3. The Morgan fingerprint density at radius 3 is 2.56 bits per heavy atom. The summed E-state index contributed by atoms with van der Waals surface area (Å²) in [5.74, 6) is 0. The van der Waals surface area contributed by atoms with Crippen LogP contribution in [0.2, 0.25) is 0 Å². The molecular weight excluding hydrogens is 180 g/mol. The number of rotatable bonds is 5. The minimum Gasteiger partial charge on any atom is -0.381 e. The van der Waals surface area contributed by atoms with E-state index < -0.39 is 0 Å². The van der Waals surface area contributed by atoms with E-state index in [2.05, 4.69) is 22.9 Å². The maximum absolute atomic E-state index is 5.18. The van der Waals surface area contributed by atoms with Gasteiger partial charge in [-0.2, -0.15) is 0 Å². The van der Waals surface area contributed by atoms with E-state index in [0.29, 0.717) is 6.10 Å². The Kier molecular flexibility index (Phi) is 6.88. The lowest BCUT2D eigenvalue weighted by molar-refractivity contribution is 0.0919. The molecule has 0 radical (unpaired) electrons. The highest BCUT2D eigenvalue weighted by Gasteiger charge is 2.01. The van der Waals surface area contributed by atoms with Gasteiger partial charge in [0.25, 0.3) is 0 Å². The molecule has 0 saturated heterocycles. The van der Waals surface area contributed by atoms with E-state index in [1.807, 2.05) is 0 Å². The monoisotopic (exact) mass is 194 g/mol. The normalized spacial score (nSPS) is 13.7. The van der Waals surface area contributed by atoms with Crippen LogP contribution in [0.4, 0.5) is 0 Å². The van der Waals surface area contributed by atoms with Gasteiger partial charge in [0.2, 0.25) is 0 Å². The van der Waals surface area contributed by atoms with Crippen molar-refractivity contribution in [2.24, 2.45) is 0 Å². The first-order valence-corrected chi connectivity index (χ1v) is 4.56. The summed E-state index contributed by atoms with van der Waals surface area (Å²) >= 11 is 3.38. The Labute approximate surface area is 65.9 Å². The van der Waals surface area contributed by atoms with Crippen molar-refractivity contribution in [2.75, 3.05) is 12.4 Å². The fraction of sp³-hybridized carbons (Fsp3) is 1.00. The molecule has 0 aromatic carbocycles. The van der Waals surface area contributed by atoms with Gasteiger partial charge in [0.15, 0.2) is 0 Å². The van der Waals surface area contributed by atoms with Crippen molar-refractivity contribution in [3.8, 4) is 0 Å². The second-order valence-electron chi connectivity index (χ2n) is 2.10. The average Bonchev–Trinajstić information content (AvgIpc) is 1.91. The van der Waals surface area contributed by atoms with Crippen LogP contribution in [0.25, 0.3) is 0 Å². The fourth-order valence-corrected chi connectivity index (χ4v) is 1.12. The molecule has 0 aliphatic rings. The quantitative estimate of drug-likeness (QED) is 0.612. The largest absolute Gasteiger partial charge is 0.381 e. The smallest absolute Gasteiger partial charge is 0.0569 e. The van der Waals surface area contributed by atoms with Gasteiger partial charge in [-0.15, -0.1) is 0 Å². The Morgan fingerprint density at radius 1 is 1.56 bits per heavy atom. The van der Waals surface area contributed by atoms with Crippen molar-refractivity contribution in [2.45, 2.75) is 32.3 Å². The number of ether oxygens (including phenoxy) is 1. The summed E-state index contributed by atoms with van der Waals surface area (Å²) in [5, 5.41) is 1.09. The van der Waals surface area contributed by atoms with Gasteiger partial charge in [0.1, 0.15) is 0 Å². The Balaban J connectivity index is 3.09. The van der Waals surface area contributed by atoms with Gasteiger partial charge in [-0.25, -0.2) is 0 Å². The third-order valence-electron chi connectivity index (χ3n) is 1.45. The Hall–Kier alpha value is 0.440. The lowest BCUT2D eigenvalue weighted by atomic mass is 10.2. The fourth-order valence-electron chi connectivity index (χ4n) is 0.793. The summed E-state index contributed by atoms with van der Waals surface area (Å²) in [6.07, 6.45) is 4.00. The summed E-state index contributed by atoms with van der Waals surface area (Å²) in [6.45, 7) is 2.16. The summed E-state index contributed by atoms with van der Waals surface area (Å²) in [4.78, 5) is 0. The van der Waals surface area contributed by atoms with Crippen molar-refractivity contribution in [3.05, 3.63) is 0 Å². The number of halogens is 1. The van der Waals surface area contributed by atoms with Crippen LogP contribution in [0.15, 0.2) is 0 Å². The molecule has 56 valence electrons. The zero-order chi connectivity index (χ0) is 7.11. The number of alkyl halides is 1. The van der Waals surface area contributed by atoms with Crippen LogP contribution in [0.1, 0.15) is 26.2 Å². The van der Waals surface area contributed by atoms with Gasteiger partial charge >= 0.3 is 0 Å². The predicted molar refractivity (Wildman–Crippen MR) is 44.1 cm³/mol. The van der Waals surface area contributed by atoms with Crippen LogP contribution in [0.3, 0.4) is 0 Å². The van der Waals surface area contributed by atoms with Gasteiger partial charge < -0.3 is 4.74 Å². The molecule has 2 heteroatoms. The Morgan fingerprint density at radius 2 is 2.22 bits per heavy atom. The molecule has 1 unspecified atom stereocenters. The van der Waals surface area contributed by atoms with Crippen LogP contribution in [-0.2, 0) is 4.74 Å². The van der Waals surface area contributed by atoms with Gasteiger partial charge in [-0.3, -0.25) is 0 Å². The van der Waals surface area contributed by atoms with Crippen LogP contribution in [0, 0.1) is 0 Å². The van der Waals surface area contributed by atoms with Crippen LogP contribution in [0.5, 0.6) is 0 Å². The van der Waals surface area contributed by atoms with Crippen molar-refractivity contribution >= 4 is 15.9 Å². The lowest BCUT2D eigenvalue weighted by Gasteiger charge is -2.10. The molecule has 0 fully saturated rings. The van der Waals surface area contributed by atoms with Crippen LogP contribution >= 0.6 is 15.9 Å². The highest BCUT2D eigenvalue weighted by Crippen LogP contribution is 2.05. The van der Waals surface area contributed by atoms with Crippen molar-refractivity contribution in [3.63, 3.8) is 0 Å². The van der Waals surface area contributed by atoms with Crippen molar-refractivity contribution in [1.82, 2.24) is 0 Å². The van der Waals surface area contributed by atoms with Crippen LogP contribution in [-0.4, -0.2) is 18.5 Å². The highest BCUT2D eigenvalue weighted by atomic mass is 79.9. The van der Waals surface area contributed by atoms with Crippen molar-refractivity contribution < 1.29 is 4.74 Å². The maximum Gasteiger partial charge on any atom is 0.0569 e. The van der Waals surface area contributed by atoms with E-state index in [9.17, 15) is 0 Å². The number of methoxy groups -OCH3 is 1. The van der Waals surface area contributed by atoms with Gasteiger partial charge in [0, 0.05) is 12.4 Å². The highest BCUT2D eigenvalue weighted by molar-refractivity contribution is 9.09. The van der Waals surface area contributed by atoms with Crippen LogP contribution < -0.4 is 0 Å². The SMILES string of the molecule is CCC(CCCBr)OC. The molecule has 0 saturated carbocycles. The van der Waals surface area contributed by atoms with Gasteiger partial charge in [0.05, 0.1) is 6.10 Å². The maximum atomic E-state index is 5.18. The molecule has 0 spiro atoms. The van der Waals surface area contributed by atoms with E-state index in [-0.39, 0.29) is 0 Å². The summed E-state index contributed by atoms with van der Waals surface area (Å²) in [5.41, 5.74) is 0. The van der Waals surface area contributed by atoms with E-state index in [1.54, 1.807) is 7.11 Å². The molecule has 1 nitrogen and oxygen atoms in total. The molecule has 0 heterocycles. The molecule has 0 amide bonds. The first-order valence-electron chi connectivity index (χ1n) is 3.43. The second kappa shape index (κ2) is 6.56. The molecule has 1 atom stereocenters. The average molecular weight is 195 g/mol. The third-order valence-corrected chi connectivity index (χ3v) is 2.01. The van der Waals surface area contributed by atoms with E-state index >= 15 is 0 Å². The zero-order valence-electron chi connectivity index (χ0n) is 6.19. The minimum absolute atomic E-state index is 0.475. The first kappa shape index (κ1) is 9.44. The minimum atomic E-state index is 0.475. The summed E-state index contributed by atoms with van der Waals surface area (Å²) < 4.78 is 5.18. The number of hydrogen-bond acceptors (Lipinski definition) is 1. The lowest BCUT2D eigenvalue weighted by Crippen LogP contribution is -2.08. The summed E-state index contributed by atoms with van der Waals surface area (Å²) in [7, 11) is 1.78. The van der Waals surface area contributed by atoms with Crippen molar-refractivity contribution in [1.29, 1.82) is 0 Å². The van der Waals surface area contributed by atoms with E-state index in [0.717, 1.165) is 11.8 Å². The molecule has 0 N–H and O–H groups in total. The molecule has 0 bridgehead atoms. The molecule has 0 aromatic rings. The molecule has 0 aliphatic heterocycles. The summed E-state index contributed by atoms with van der Waals surface area (Å²) in [6, 6.07) is 0. The molecule has 0 rings (SSSR count). The van der Waals surface area contributed by atoms with E-state index in [1.165, 1.54) is 12.8 Å². The van der Waals surface area contributed by atoms with Gasteiger partial charge in [-0.1, -0.05) is 22.9 Å². The van der Waals surface area contributed by atoms with E-state index in [4.69, 9.17) is 4.74 Å². The molecule has 9 heavy (non-hydrogen) atoms. The third kappa shape index (κ3) is 4.91. The molecular formula is C7H15BrO. The number of hydrogen-bond donors (Lipinski definition) is 0. The molecule has 0 aliphatic carbocycles. The Bertz CT molecular complexity index is 52.9. The van der Waals surface area contributed by atoms with Gasteiger partial charge in [-0.05, 0) is 19.3 Å². The predicted octanol–water partition coefficient (Wildman–Crippen LogP) is 2.59. The topological polar surface area (TPSA) is 9.23 Å². The first-order chi connectivity index (χ1) is 4.35.